The zero-order valence-corrected chi connectivity index (χ0v) is 12.7. The number of halogens is 3. The van der Waals surface area contributed by atoms with Crippen LogP contribution in [-0.2, 0) is 6.42 Å². The summed E-state index contributed by atoms with van der Waals surface area (Å²) >= 11 is 18.5. The molecule has 0 aliphatic carbocycles. The van der Waals surface area contributed by atoms with Crippen LogP contribution in [-0.4, -0.2) is 7.05 Å². The Morgan fingerprint density at radius 1 is 1.00 bits per heavy atom. The molecule has 1 atom stereocenters. The number of hydrogen-bond acceptors (Lipinski definition) is 1. The highest BCUT2D eigenvalue weighted by Gasteiger charge is 2.16. The second kappa shape index (κ2) is 6.62. The van der Waals surface area contributed by atoms with Crippen LogP contribution < -0.4 is 5.32 Å². The van der Waals surface area contributed by atoms with E-state index in [1.165, 1.54) is 0 Å². The van der Waals surface area contributed by atoms with Gasteiger partial charge < -0.3 is 5.32 Å². The van der Waals surface area contributed by atoms with E-state index >= 15 is 0 Å². The Hall–Kier alpha value is -0.730. The van der Waals surface area contributed by atoms with Crippen LogP contribution in [0.3, 0.4) is 0 Å². The molecule has 0 aliphatic rings. The highest BCUT2D eigenvalue weighted by molar-refractivity contribution is 6.36. The number of benzene rings is 2. The minimum atomic E-state index is 0.0552. The van der Waals surface area contributed by atoms with E-state index in [-0.39, 0.29) is 6.04 Å². The van der Waals surface area contributed by atoms with Gasteiger partial charge in [0.2, 0.25) is 0 Å². The topological polar surface area (TPSA) is 12.0 Å². The Morgan fingerprint density at radius 2 is 1.63 bits per heavy atom. The number of rotatable bonds is 4. The Labute approximate surface area is 128 Å². The molecule has 0 bridgehead atoms. The number of likely N-dealkylation sites (N-methyl/N-ethyl adjacent to an activating group) is 1. The van der Waals surface area contributed by atoms with Gasteiger partial charge in [0.25, 0.3) is 0 Å². The van der Waals surface area contributed by atoms with Crippen LogP contribution in [0.1, 0.15) is 17.2 Å². The van der Waals surface area contributed by atoms with Gasteiger partial charge >= 0.3 is 0 Å². The van der Waals surface area contributed by atoms with Crippen LogP contribution >= 0.6 is 34.8 Å². The highest BCUT2D eigenvalue weighted by atomic mass is 35.5. The van der Waals surface area contributed by atoms with E-state index in [9.17, 15) is 0 Å². The number of nitrogens with one attached hydrogen (secondary N) is 1. The van der Waals surface area contributed by atoms with Crippen LogP contribution in [0.25, 0.3) is 0 Å². The molecule has 0 aromatic heterocycles. The van der Waals surface area contributed by atoms with Crippen molar-refractivity contribution in [2.75, 3.05) is 7.05 Å². The Morgan fingerprint density at radius 3 is 2.21 bits per heavy atom. The summed E-state index contributed by atoms with van der Waals surface area (Å²) in [5.41, 5.74) is 2.07. The molecule has 0 radical (unpaired) electrons. The first-order valence-corrected chi connectivity index (χ1v) is 7.11. The fourth-order valence-electron chi connectivity index (χ4n) is 2.09. The van der Waals surface area contributed by atoms with Gasteiger partial charge in [-0.3, -0.25) is 0 Å². The van der Waals surface area contributed by atoms with Gasteiger partial charge in [0, 0.05) is 26.7 Å². The molecular weight excluding hydrogens is 301 g/mol. The van der Waals surface area contributed by atoms with Crippen LogP contribution in [0, 0.1) is 0 Å². The second-order valence-corrected chi connectivity index (χ2v) is 5.56. The summed E-state index contributed by atoms with van der Waals surface area (Å²) in [5.74, 6) is 0. The lowest BCUT2D eigenvalue weighted by molar-refractivity contribution is 0.592. The van der Waals surface area contributed by atoms with Crippen molar-refractivity contribution >= 4 is 34.8 Å². The van der Waals surface area contributed by atoms with Crippen molar-refractivity contribution in [2.24, 2.45) is 0 Å². The lowest BCUT2D eigenvalue weighted by Gasteiger charge is -2.19. The van der Waals surface area contributed by atoms with E-state index in [0.29, 0.717) is 10.0 Å². The van der Waals surface area contributed by atoms with Crippen molar-refractivity contribution < 1.29 is 0 Å². The Kier molecular flexibility index (Phi) is 5.12. The molecule has 0 aliphatic heterocycles. The summed E-state index contributed by atoms with van der Waals surface area (Å²) in [6.45, 7) is 0. The third kappa shape index (κ3) is 3.64. The third-order valence-electron chi connectivity index (χ3n) is 3.03. The maximum absolute atomic E-state index is 6.25. The van der Waals surface area contributed by atoms with Gasteiger partial charge in [-0.15, -0.1) is 0 Å². The Balaban J connectivity index is 2.30. The van der Waals surface area contributed by atoms with Crippen molar-refractivity contribution in [3.05, 3.63) is 68.7 Å². The molecule has 2 rings (SSSR count). The summed E-state index contributed by atoms with van der Waals surface area (Å²) in [6, 6.07) is 13.4. The first kappa shape index (κ1) is 14.7. The normalized spacial score (nSPS) is 12.4. The highest BCUT2D eigenvalue weighted by Crippen LogP contribution is 2.32. The van der Waals surface area contributed by atoms with Crippen molar-refractivity contribution in [1.29, 1.82) is 0 Å². The zero-order valence-electron chi connectivity index (χ0n) is 10.5. The molecule has 2 aromatic rings. The predicted octanol–water partition coefficient (Wildman–Crippen LogP) is 5.15. The second-order valence-electron chi connectivity index (χ2n) is 4.31. The van der Waals surface area contributed by atoms with Gasteiger partial charge in [-0.05, 0) is 43.3 Å². The predicted molar refractivity (Wildman–Crippen MR) is 83.4 cm³/mol. The van der Waals surface area contributed by atoms with Gasteiger partial charge in [0.1, 0.15) is 0 Å². The first-order chi connectivity index (χ1) is 9.11. The van der Waals surface area contributed by atoms with Gasteiger partial charge in [-0.25, -0.2) is 0 Å². The van der Waals surface area contributed by atoms with E-state index in [0.717, 1.165) is 22.6 Å². The van der Waals surface area contributed by atoms with Gasteiger partial charge in [-0.1, -0.05) is 53.0 Å². The monoisotopic (exact) mass is 313 g/mol. The summed E-state index contributed by atoms with van der Waals surface area (Å²) in [5, 5.41) is 5.34. The molecule has 0 amide bonds. The van der Waals surface area contributed by atoms with Crippen LogP contribution in [0.15, 0.2) is 42.5 Å². The minimum Gasteiger partial charge on any atom is -0.313 e. The number of hydrogen-bond donors (Lipinski definition) is 1. The molecule has 19 heavy (non-hydrogen) atoms. The largest absolute Gasteiger partial charge is 0.313 e. The molecule has 2 aromatic carbocycles. The van der Waals surface area contributed by atoms with Crippen molar-refractivity contribution in [2.45, 2.75) is 12.5 Å². The molecule has 1 N–H and O–H groups in total. The Bertz CT molecular complexity index is 549. The summed E-state index contributed by atoms with van der Waals surface area (Å²) < 4.78 is 0. The average Bonchev–Trinajstić information content (AvgIpc) is 2.37. The molecule has 1 nitrogen and oxygen atoms in total. The fraction of sp³-hybridized carbons (Fsp3) is 0.200. The molecule has 100 valence electrons. The first-order valence-electron chi connectivity index (χ1n) is 5.97. The quantitative estimate of drug-likeness (QED) is 0.823. The van der Waals surface area contributed by atoms with Gasteiger partial charge in [0.15, 0.2) is 0 Å². The van der Waals surface area contributed by atoms with Crippen molar-refractivity contribution in [1.82, 2.24) is 5.32 Å². The summed E-state index contributed by atoms with van der Waals surface area (Å²) in [4.78, 5) is 0. The van der Waals surface area contributed by atoms with Crippen LogP contribution in [0.2, 0.25) is 15.1 Å². The van der Waals surface area contributed by atoms with Gasteiger partial charge in [0.05, 0.1) is 0 Å². The van der Waals surface area contributed by atoms with Crippen LogP contribution in [0.5, 0.6) is 0 Å². The minimum absolute atomic E-state index is 0.0552. The average molecular weight is 315 g/mol. The maximum Gasteiger partial charge on any atom is 0.0468 e. The van der Waals surface area contributed by atoms with E-state index < -0.39 is 0 Å². The van der Waals surface area contributed by atoms with E-state index in [2.05, 4.69) is 5.32 Å². The molecule has 0 saturated heterocycles. The lowest BCUT2D eigenvalue weighted by atomic mass is 9.99. The molecular formula is C15H14Cl3N. The summed E-state index contributed by atoms with van der Waals surface area (Å²) in [7, 11) is 1.90. The lowest BCUT2D eigenvalue weighted by Crippen LogP contribution is -2.19. The molecule has 0 spiro atoms. The van der Waals surface area contributed by atoms with E-state index in [1.54, 1.807) is 0 Å². The molecule has 1 unspecified atom stereocenters. The fourth-order valence-corrected chi connectivity index (χ4v) is 2.97. The van der Waals surface area contributed by atoms with Gasteiger partial charge in [-0.2, -0.15) is 0 Å². The van der Waals surface area contributed by atoms with Crippen LogP contribution in [0.4, 0.5) is 0 Å². The van der Waals surface area contributed by atoms with Crippen molar-refractivity contribution in [3.8, 4) is 0 Å². The molecule has 4 heteroatoms. The van der Waals surface area contributed by atoms with Crippen molar-refractivity contribution in [3.63, 3.8) is 0 Å². The zero-order chi connectivity index (χ0) is 13.8. The molecule has 0 fully saturated rings. The standard InChI is InChI=1S/C15H14Cl3N/c1-19-14(9-10-4-2-5-11(16)8-10)15-12(17)6-3-7-13(15)18/h2-8,14,19H,9H2,1H3. The third-order valence-corrected chi connectivity index (χ3v) is 3.92. The van der Waals surface area contributed by atoms with E-state index in [4.69, 9.17) is 34.8 Å². The molecule has 0 heterocycles. The molecule has 0 saturated carbocycles. The summed E-state index contributed by atoms with van der Waals surface area (Å²) in [6.07, 6.45) is 0.778. The van der Waals surface area contributed by atoms with E-state index in [1.807, 2.05) is 49.5 Å². The SMILES string of the molecule is CNC(Cc1cccc(Cl)c1)c1c(Cl)cccc1Cl. The smallest absolute Gasteiger partial charge is 0.0468 e. The maximum atomic E-state index is 6.25.